The van der Waals surface area contributed by atoms with E-state index in [2.05, 4.69) is 6.92 Å². The molecule has 1 saturated heterocycles. The van der Waals surface area contributed by atoms with Crippen LogP contribution in [0.4, 0.5) is 0 Å². The zero-order chi connectivity index (χ0) is 17.5. The van der Waals surface area contributed by atoms with Crippen molar-refractivity contribution in [1.29, 1.82) is 0 Å². The number of hydrogen-bond donors (Lipinski definition) is 4. The Kier molecular flexibility index (Phi) is 7.45. The van der Waals surface area contributed by atoms with Crippen molar-refractivity contribution < 1.29 is 29.9 Å². The van der Waals surface area contributed by atoms with E-state index >= 15 is 0 Å². The Morgan fingerprint density at radius 3 is 2.50 bits per heavy atom. The largest absolute Gasteiger partial charge is 0.493 e. The first-order chi connectivity index (χ1) is 11.6. The van der Waals surface area contributed by atoms with Gasteiger partial charge in [-0.1, -0.05) is 44.4 Å². The number of rotatable bonds is 8. The number of aliphatic hydroxyl groups excluding tert-OH is 4. The molecule has 0 unspecified atom stereocenters. The van der Waals surface area contributed by atoms with Crippen molar-refractivity contribution in [2.75, 3.05) is 13.2 Å². The van der Waals surface area contributed by atoms with Crippen LogP contribution in [0.2, 0.25) is 0 Å². The molecule has 4 atom stereocenters. The van der Waals surface area contributed by atoms with Crippen LogP contribution < -0.4 is 4.74 Å². The Morgan fingerprint density at radius 1 is 1.04 bits per heavy atom. The normalized spacial score (nSPS) is 28.0. The van der Waals surface area contributed by atoms with Crippen molar-refractivity contribution in [2.45, 2.75) is 57.0 Å². The lowest BCUT2D eigenvalue weighted by Crippen LogP contribution is -2.55. The summed E-state index contributed by atoms with van der Waals surface area (Å²) in [7, 11) is 0. The highest BCUT2D eigenvalue weighted by molar-refractivity contribution is 5.43. The van der Waals surface area contributed by atoms with Gasteiger partial charge in [-0.25, -0.2) is 0 Å². The molecule has 2 rings (SSSR count). The van der Waals surface area contributed by atoms with Crippen LogP contribution in [0.25, 0.3) is 0 Å². The van der Waals surface area contributed by atoms with E-state index in [9.17, 15) is 20.4 Å². The maximum Gasteiger partial charge on any atom is 0.161 e. The average Bonchev–Trinajstić information content (AvgIpc) is 2.60. The summed E-state index contributed by atoms with van der Waals surface area (Å²) in [6.07, 6.45) is -0.712. The zero-order valence-corrected chi connectivity index (χ0v) is 14.0. The second kappa shape index (κ2) is 9.34. The van der Waals surface area contributed by atoms with Gasteiger partial charge in [-0.05, 0) is 12.5 Å². The summed E-state index contributed by atoms with van der Waals surface area (Å²) in [6.45, 7) is 2.23. The minimum Gasteiger partial charge on any atom is -0.493 e. The molecule has 4 N–H and O–H groups in total. The maximum absolute atomic E-state index is 10.2. The standard InChI is InChI=1S/C18H27O6/c1-2-3-4-7-10-23-13-9-6-5-8-12(13)18-17(22)16(21)15(20)14(11-19)24-18/h5-6,8-9,14-17,19-22H,2-4,7,10-11H2,1H3/t14-,15-,16+,17+/m1/s1. The Hall–Kier alpha value is -1.18. The minimum atomic E-state index is -1.43. The number of hydrogen-bond acceptors (Lipinski definition) is 6. The second-order valence-electron chi connectivity index (χ2n) is 6.03. The average molecular weight is 339 g/mol. The highest BCUT2D eigenvalue weighted by Crippen LogP contribution is 2.36. The molecule has 1 aliphatic heterocycles. The Labute approximate surface area is 142 Å². The van der Waals surface area contributed by atoms with E-state index in [1.165, 1.54) is 0 Å². The lowest BCUT2D eigenvalue weighted by Gasteiger charge is -2.39. The van der Waals surface area contributed by atoms with Crippen LogP contribution in [-0.2, 0) is 4.74 Å². The van der Waals surface area contributed by atoms with Crippen molar-refractivity contribution >= 4 is 0 Å². The molecule has 1 radical (unpaired) electrons. The Bertz CT molecular complexity index is 492. The second-order valence-corrected chi connectivity index (χ2v) is 6.03. The van der Waals surface area contributed by atoms with Gasteiger partial charge < -0.3 is 29.9 Å². The van der Waals surface area contributed by atoms with Gasteiger partial charge in [-0.15, -0.1) is 0 Å². The zero-order valence-electron chi connectivity index (χ0n) is 14.0. The van der Waals surface area contributed by atoms with Gasteiger partial charge in [-0.3, -0.25) is 0 Å². The molecule has 0 aromatic heterocycles. The number of aliphatic hydroxyl groups is 4. The van der Waals surface area contributed by atoms with Gasteiger partial charge in [0.1, 0.15) is 30.2 Å². The highest BCUT2D eigenvalue weighted by atomic mass is 16.5. The summed E-state index contributed by atoms with van der Waals surface area (Å²) in [5, 5.41) is 39.3. The quantitative estimate of drug-likeness (QED) is 0.527. The van der Waals surface area contributed by atoms with Gasteiger partial charge in [0, 0.05) is 5.56 Å². The van der Waals surface area contributed by atoms with Crippen LogP contribution in [0.15, 0.2) is 24.3 Å². The van der Waals surface area contributed by atoms with E-state index in [-0.39, 0.29) is 6.10 Å². The molecule has 0 bridgehead atoms. The summed E-state index contributed by atoms with van der Waals surface area (Å²) in [6, 6.07) is 7.07. The number of unbranched alkanes of at least 4 members (excludes halogenated alkanes) is 3. The number of para-hydroxylation sites is 1. The molecular formula is C18H27O6. The third kappa shape index (κ3) is 4.46. The van der Waals surface area contributed by atoms with E-state index < -0.39 is 31.0 Å². The molecule has 135 valence electrons. The van der Waals surface area contributed by atoms with E-state index in [0.29, 0.717) is 17.9 Å². The SMILES string of the molecule is CCCCCCOc1ccccc1[C]1O[C@H](CO)[C@@H](O)[C@H](O)[C@@H]1O. The van der Waals surface area contributed by atoms with E-state index in [1.807, 2.05) is 6.07 Å². The van der Waals surface area contributed by atoms with Crippen LogP contribution in [0.3, 0.4) is 0 Å². The molecule has 6 heteroatoms. The van der Waals surface area contributed by atoms with Crippen molar-refractivity contribution in [2.24, 2.45) is 0 Å². The molecule has 0 spiro atoms. The van der Waals surface area contributed by atoms with Crippen LogP contribution in [0.5, 0.6) is 5.75 Å². The van der Waals surface area contributed by atoms with Crippen LogP contribution >= 0.6 is 0 Å². The first kappa shape index (κ1) is 19.1. The van der Waals surface area contributed by atoms with Crippen molar-refractivity contribution in [1.82, 2.24) is 0 Å². The van der Waals surface area contributed by atoms with E-state index in [1.54, 1.807) is 18.2 Å². The van der Waals surface area contributed by atoms with Gasteiger partial charge in [0.15, 0.2) is 6.10 Å². The molecule has 1 aromatic rings. The van der Waals surface area contributed by atoms with E-state index in [4.69, 9.17) is 9.47 Å². The number of ether oxygens (including phenoxy) is 2. The fourth-order valence-corrected chi connectivity index (χ4v) is 2.74. The smallest absolute Gasteiger partial charge is 0.161 e. The summed E-state index contributed by atoms with van der Waals surface area (Å²) < 4.78 is 11.3. The predicted octanol–water partition coefficient (Wildman–Crippen LogP) is 1.000. The summed E-state index contributed by atoms with van der Waals surface area (Å²) in [4.78, 5) is 0. The van der Waals surface area contributed by atoms with Gasteiger partial charge in [-0.2, -0.15) is 0 Å². The van der Waals surface area contributed by atoms with Crippen molar-refractivity contribution in [3.63, 3.8) is 0 Å². The van der Waals surface area contributed by atoms with Gasteiger partial charge in [0.25, 0.3) is 0 Å². The Morgan fingerprint density at radius 2 is 1.79 bits per heavy atom. The molecule has 0 saturated carbocycles. The number of benzene rings is 1. The molecule has 1 aromatic carbocycles. The van der Waals surface area contributed by atoms with Crippen molar-refractivity contribution in [3.05, 3.63) is 35.9 Å². The molecule has 0 amide bonds. The Balaban J connectivity index is 2.09. The first-order valence-corrected chi connectivity index (χ1v) is 8.50. The topological polar surface area (TPSA) is 99.4 Å². The summed E-state index contributed by atoms with van der Waals surface area (Å²) in [5.41, 5.74) is 0.518. The van der Waals surface area contributed by atoms with E-state index in [0.717, 1.165) is 25.7 Å². The lowest BCUT2D eigenvalue weighted by molar-refractivity contribution is -0.184. The van der Waals surface area contributed by atoms with Crippen LogP contribution in [0, 0.1) is 6.10 Å². The first-order valence-electron chi connectivity index (χ1n) is 8.50. The third-order valence-electron chi connectivity index (χ3n) is 4.19. The molecule has 1 fully saturated rings. The van der Waals surface area contributed by atoms with Crippen molar-refractivity contribution in [3.8, 4) is 5.75 Å². The molecule has 6 nitrogen and oxygen atoms in total. The maximum atomic E-state index is 10.2. The molecular weight excluding hydrogens is 312 g/mol. The van der Waals surface area contributed by atoms with Crippen LogP contribution in [-0.4, -0.2) is 58.1 Å². The third-order valence-corrected chi connectivity index (χ3v) is 4.19. The predicted molar refractivity (Wildman–Crippen MR) is 88.4 cm³/mol. The summed E-state index contributed by atoms with van der Waals surface area (Å²) in [5.74, 6) is 0.545. The monoisotopic (exact) mass is 339 g/mol. The highest BCUT2D eigenvalue weighted by Gasteiger charge is 2.45. The van der Waals surface area contributed by atoms with Crippen LogP contribution in [0.1, 0.15) is 38.2 Å². The fourth-order valence-electron chi connectivity index (χ4n) is 2.74. The van der Waals surface area contributed by atoms with Gasteiger partial charge in [0.05, 0.1) is 13.2 Å². The molecule has 1 aliphatic rings. The summed E-state index contributed by atoms with van der Waals surface area (Å²) >= 11 is 0. The molecule has 24 heavy (non-hydrogen) atoms. The van der Waals surface area contributed by atoms with Gasteiger partial charge >= 0.3 is 0 Å². The molecule has 0 aliphatic carbocycles. The minimum absolute atomic E-state index is 0.107. The molecule has 1 heterocycles. The lowest BCUT2D eigenvalue weighted by atomic mass is 9.91. The fraction of sp³-hybridized carbons (Fsp3) is 0.611. The van der Waals surface area contributed by atoms with Gasteiger partial charge in [0.2, 0.25) is 0 Å².